The van der Waals surface area contributed by atoms with Crippen molar-refractivity contribution in [3.63, 3.8) is 0 Å². The van der Waals surface area contributed by atoms with Crippen LogP contribution in [0.4, 0.5) is 0 Å². The van der Waals surface area contributed by atoms with Gasteiger partial charge < -0.3 is 9.32 Å². The maximum atomic E-state index is 11.2. The molecule has 2 heterocycles. The largest absolute Gasteiger partial charge is 0.425 e. The number of piperidine rings is 1. The molecule has 0 bridgehead atoms. The zero-order chi connectivity index (χ0) is 11.8. The van der Waals surface area contributed by atoms with Crippen LogP contribution in [-0.4, -0.2) is 34.1 Å². The van der Waals surface area contributed by atoms with E-state index in [-0.39, 0.29) is 5.91 Å². The zero-order valence-corrected chi connectivity index (χ0v) is 10.1. The average Bonchev–Trinajstić information content (AvgIpc) is 3.07. The molecule has 0 aromatic carbocycles. The molecule has 5 nitrogen and oxygen atoms in total. The lowest BCUT2D eigenvalue weighted by atomic mass is 9.97. The number of hydrogen-bond acceptors (Lipinski definition) is 4. The van der Waals surface area contributed by atoms with Crippen molar-refractivity contribution in [2.24, 2.45) is 0 Å². The molecule has 1 saturated heterocycles. The fourth-order valence-corrected chi connectivity index (χ4v) is 2.35. The second kappa shape index (κ2) is 4.13. The third kappa shape index (κ3) is 2.18. The number of rotatable bonds is 2. The quantitative estimate of drug-likeness (QED) is 0.782. The Bertz CT molecular complexity index is 417. The molecule has 0 spiro atoms. The lowest BCUT2D eigenvalue weighted by molar-refractivity contribution is -0.129. The number of aromatic nitrogens is 2. The van der Waals surface area contributed by atoms with Gasteiger partial charge in [-0.1, -0.05) is 0 Å². The zero-order valence-electron chi connectivity index (χ0n) is 10.1. The highest BCUT2D eigenvalue weighted by Gasteiger charge is 2.31. The highest BCUT2D eigenvalue weighted by Crippen LogP contribution is 2.40. The number of carbonyl (C=O) groups excluding carboxylic acids is 1. The lowest BCUT2D eigenvalue weighted by Gasteiger charge is -2.29. The normalized spacial score (nSPS) is 21.8. The number of carbonyl (C=O) groups is 1. The summed E-state index contributed by atoms with van der Waals surface area (Å²) in [6, 6.07) is 0. The average molecular weight is 235 g/mol. The van der Waals surface area contributed by atoms with Crippen LogP contribution in [0.25, 0.3) is 0 Å². The fraction of sp³-hybridized carbons (Fsp3) is 0.750. The number of hydrogen-bond donors (Lipinski definition) is 0. The topological polar surface area (TPSA) is 59.2 Å². The molecule has 1 aromatic rings. The van der Waals surface area contributed by atoms with Crippen molar-refractivity contribution in [2.75, 3.05) is 13.1 Å². The van der Waals surface area contributed by atoms with Gasteiger partial charge >= 0.3 is 0 Å². The van der Waals surface area contributed by atoms with E-state index < -0.39 is 0 Å². The van der Waals surface area contributed by atoms with Gasteiger partial charge in [-0.25, -0.2) is 0 Å². The van der Waals surface area contributed by atoms with Crippen molar-refractivity contribution in [3.8, 4) is 0 Å². The minimum Gasteiger partial charge on any atom is -0.425 e. The van der Waals surface area contributed by atoms with Gasteiger partial charge in [-0.05, 0) is 25.7 Å². The van der Waals surface area contributed by atoms with Gasteiger partial charge in [-0.15, -0.1) is 10.2 Å². The summed E-state index contributed by atoms with van der Waals surface area (Å²) in [5, 5.41) is 8.26. The van der Waals surface area contributed by atoms with Crippen molar-refractivity contribution in [1.29, 1.82) is 0 Å². The Balaban J connectivity index is 1.63. The SMILES string of the molecule is CC(=O)N1CCC(c2nnc(C3CC3)o2)CC1. The molecular formula is C12H17N3O2. The first-order valence-electron chi connectivity index (χ1n) is 6.33. The predicted molar refractivity (Wildman–Crippen MR) is 60.5 cm³/mol. The van der Waals surface area contributed by atoms with Crippen LogP contribution in [0.2, 0.25) is 0 Å². The fourth-order valence-electron chi connectivity index (χ4n) is 2.35. The third-order valence-corrected chi connectivity index (χ3v) is 3.67. The molecular weight excluding hydrogens is 218 g/mol. The molecule has 1 aromatic heterocycles. The number of likely N-dealkylation sites (tertiary alicyclic amines) is 1. The summed E-state index contributed by atoms with van der Waals surface area (Å²) >= 11 is 0. The first kappa shape index (κ1) is 10.7. The molecule has 1 aliphatic carbocycles. The van der Waals surface area contributed by atoms with Crippen LogP contribution in [0.1, 0.15) is 56.2 Å². The van der Waals surface area contributed by atoms with Crippen molar-refractivity contribution in [2.45, 2.75) is 44.4 Å². The van der Waals surface area contributed by atoms with Crippen LogP contribution in [0, 0.1) is 0 Å². The van der Waals surface area contributed by atoms with E-state index in [2.05, 4.69) is 10.2 Å². The summed E-state index contributed by atoms with van der Waals surface area (Å²) in [6.45, 7) is 3.24. The lowest BCUT2D eigenvalue weighted by Crippen LogP contribution is -2.36. The maximum absolute atomic E-state index is 11.2. The van der Waals surface area contributed by atoms with Crippen molar-refractivity contribution < 1.29 is 9.21 Å². The monoisotopic (exact) mass is 235 g/mol. The second-order valence-electron chi connectivity index (χ2n) is 5.03. The van der Waals surface area contributed by atoms with Crippen LogP contribution in [-0.2, 0) is 4.79 Å². The highest BCUT2D eigenvalue weighted by atomic mass is 16.4. The van der Waals surface area contributed by atoms with Crippen LogP contribution >= 0.6 is 0 Å². The first-order valence-corrected chi connectivity index (χ1v) is 6.33. The Morgan fingerprint density at radius 1 is 1.12 bits per heavy atom. The van der Waals surface area contributed by atoms with E-state index in [1.807, 2.05) is 4.90 Å². The molecule has 5 heteroatoms. The summed E-state index contributed by atoms with van der Waals surface area (Å²) in [7, 11) is 0. The summed E-state index contributed by atoms with van der Waals surface area (Å²) in [5.41, 5.74) is 0. The summed E-state index contributed by atoms with van der Waals surface area (Å²) in [4.78, 5) is 13.1. The maximum Gasteiger partial charge on any atom is 0.219 e. The van der Waals surface area contributed by atoms with Crippen LogP contribution in [0.15, 0.2) is 4.42 Å². The molecule has 3 rings (SSSR count). The molecule has 1 aliphatic heterocycles. The minimum atomic E-state index is 0.160. The Morgan fingerprint density at radius 2 is 1.65 bits per heavy atom. The predicted octanol–water partition coefficient (Wildman–Crippen LogP) is 1.67. The Kier molecular flexibility index (Phi) is 2.61. The highest BCUT2D eigenvalue weighted by molar-refractivity contribution is 5.73. The van der Waals surface area contributed by atoms with Gasteiger partial charge in [0.15, 0.2) is 0 Å². The molecule has 2 fully saturated rings. The first-order chi connectivity index (χ1) is 8.24. The van der Waals surface area contributed by atoms with E-state index >= 15 is 0 Å². The van der Waals surface area contributed by atoms with Crippen LogP contribution in [0.3, 0.4) is 0 Å². The standard InChI is InChI=1S/C12H17N3O2/c1-8(16)15-6-4-10(5-7-15)12-14-13-11(17-12)9-2-3-9/h9-10H,2-7H2,1H3. The van der Waals surface area contributed by atoms with Crippen LogP contribution in [0.5, 0.6) is 0 Å². The smallest absolute Gasteiger partial charge is 0.219 e. The van der Waals surface area contributed by atoms with Gasteiger partial charge in [-0.2, -0.15) is 0 Å². The van der Waals surface area contributed by atoms with Gasteiger partial charge in [0, 0.05) is 31.8 Å². The molecule has 0 radical (unpaired) electrons. The van der Waals surface area contributed by atoms with Gasteiger partial charge in [0.05, 0.1) is 0 Å². The Labute approximate surface area is 100 Å². The van der Waals surface area contributed by atoms with Gasteiger partial charge in [0.2, 0.25) is 17.7 Å². The third-order valence-electron chi connectivity index (χ3n) is 3.67. The Hall–Kier alpha value is -1.39. The summed E-state index contributed by atoms with van der Waals surface area (Å²) in [5.74, 6) is 2.61. The van der Waals surface area contributed by atoms with Crippen molar-refractivity contribution in [1.82, 2.24) is 15.1 Å². The molecule has 1 saturated carbocycles. The van der Waals surface area contributed by atoms with Crippen LogP contribution < -0.4 is 0 Å². The van der Waals surface area contributed by atoms with E-state index in [0.717, 1.165) is 37.7 Å². The second-order valence-corrected chi connectivity index (χ2v) is 5.03. The molecule has 1 amide bonds. The van der Waals surface area contributed by atoms with E-state index in [0.29, 0.717) is 11.8 Å². The number of nitrogens with zero attached hydrogens (tertiary/aromatic N) is 3. The summed E-state index contributed by atoms with van der Waals surface area (Å²) < 4.78 is 5.72. The molecule has 0 N–H and O–H groups in total. The minimum absolute atomic E-state index is 0.160. The van der Waals surface area contributed by atoms with Crippen molar-refractivity contribution >= 4 is 5.91 Å². The van der Waals surface area contributed by atoms with Gasteiger partial charge in [-0.3, -0.25) is 4.79 Å². The van der Waals surface area contributed by atoms with E-state index in [9.17, 15) is 4.79 Å². The van der Waals surface area contributed by atoms with E-state index in [4.69, 9.17) is 4.42 Å². The number of amides is 1. The summed E-state index contributed by atoms with van der Waals surface area (Å²) in [6.07, 6.45) is 4.24. The molecule has 17 heavy (non-hydrogen) atoms. The molecule has 0 unspecified atom stereocenters. The molecule has 2 aliphatic rings. The Morgan fingerprint density at radius 3 is 2.12 bits per heavy atom. The van der Waals surface area contributed by atoms with E-state index in [1.54, 1.807) is 6.92 Å². The van der Waals surface area contributed by atoms with Gasteiger partial charge in [0.1, 0.15) is 0 Å². The van der Waals surface area contributed by atoms with Crippen molar-refractivity contribution in [3.05, 3.63) is 11.8 Å². The van der Waals surface area contributed by atoms with E-state index in [1.165, 1.54) is 12.8 Å². The molecule has 0 atom stereocenters. The van der Waals surface area contributed by atoms with Gasteiger partial charge in [0.25, 0.3) is 0 Å². The molecule has 92 valence electrons.